The summed E-state index contributed by atoms with van der Waals surface area (Å²) in [5.41, 5.74) is 0. The molecule has 5 fully saturated rings. The molecule has 0 spiro atoms. The van der Waals surface area contributed by atoms with Crippen molar-refractivity contribution in [2.75, 3.05) is 39.6 Å². The number of carboxylic acids is 1. The van der Waals surface area contributed by atoms with Crippen molar-refractivity contribution < 1.29 is 153 Å². The third-order valence-electron chi connectivity index (χ3n) is 20.6. The number of hydrogen-bond acceptors (Lipinski definition) is 30. The lowest BCUT2D eigenvalue weighted by Gasteiger charge is -2.51. The van der Waals surface area contributed by atoms with E-state index in [1.54, 1.807) is 6.08 Å². The van der Waals surface area contributed by atoms with Gasteiger partial charge in [0, 0.05) is 26.7 Å². The van der Waals surface area contributed by atoms with Gasteiger partial charge in [0.05, 0.1) is 63.9 Å². The molecule has 0 aliphatic carbocycles. The van der Waals surface area contributed by atoms with Gasteiger partial charge in [-0.3, -0.25) is 14.4 Å². The number of rotatable bonds is 52. The molecule has 0 bridgehead atoms. The van der Waals surface area contributed by atoms with E-state index in [-0.39, 0.29) is 12.3 Å². The fourth-order valence-corrected chi connectivity index (χ4v) is 14.3. The molecule has 28 atom stereocenters. The molecule has 0 aromatic rings. The van der Waals surface area contributed by atoms with Crippen molar-refractivity contribution in [3.05, 3.63) is 12.2 Å². The normalized spacial score (nSPS) is 34.6. The van der Waals surface area contributed by atoms with Crippen LogP contribution < -0.4 is 16.0 Å². The van der Waals surface area contributed by atoms with Crippen molar-refractivity contribution in [3.8, 4) is 0 Å². The van der Waals surface area contributed by atoms with Crippen LogP contribution in [0.15, 0.2) is 12.2 Å². The number of unbranched alkanes of at least 4 members (excludes halogenated alkanes) is 25. The molecule has 0 radical (unpaired) electrons. The highest BCUT2D eigenvalue weighted by atomic mass is 16.8. The molecule has 34 nitrogen and oxygen atoms in total. The summed E-state index contributed by atoms with van der Waals surface area (Å²) in [5, 5.41) is 196. The number of aliphatic hydroxyl groups excluding tert-OH is 16. The van der Waals surface area contributed by atoms with Crippen LogP contribution in [-0.4, -0.2) is 321 Å². The molecule has 5 aliphatic rings. The lowest BCUT2D eigenvalue weighted by Crippen LogP contribution is -2.71. The molecular formula is C73H131N3O31. The van der Waals surface area contributed by atoms with Gasteiger partial charge in [-0.1, -0.05) is 180 Å². The van der Waals surface area contributed by atoms with Crippen molar-refractivity contribution in [2.45, 2.75) is 385 Å². The molecule has 34 heteroatoms. The Morgan fingerprint density at radius 2 is 0.897 bits per heavy atom. The second-order valence-electron chi connectivity index (χ2n) is 29.3. The molecule has 5 rings (SSSR count). The summed E-state index contributed by atoms with van der Waals surface area (Å²) in [6.07, 6.45) is -14.6. The first-order valence-corrected chi connectivity index (χ1v) is 39.1. The van der Waals surface area contributed by atoms with Gasteiger partial charge in [-0.2, -0.15) is 0 Å². The SMILES string of the molecule is CCCCCCCCCCCCC/C=C/[C@@H](O)[C@H](CO[C@@H]1O[C@H](CO)[C@@H](O[C@@H]2O[C@H](CO)[C@H](O[C@@H]3O[C@H](CO)[C@H](O)[C@H](O[C@@H]4O[C@H](CO)[C@H](O)[C@H](O[C@]5(C(=O)O)C[C@H](O)[C@@H](NC(C)=O)[C@H]([C@H](O)[C@H](O)CO)O5)[C@H]4O)[C@H]3NC(C)=O)[C@H](O)[C@H]2O)[C@H](O)[C@H]1O)NC(=O)CCCCCCCCCCCCCCCCC. The number of aliphatic carboxylic acids is 1. The number of allylic oxidation sites excluding steroid dienone is 1. The Labute approximate surface area is 627 Å². The highest BCUT2D eigenvalue weighted by Crippen LogP contribution is 2.40. The second kappa shape index (κ2) is 49.9. The summed E-state index contributed by atoms with van der Waals surface area (Å²) in [7, 11) is 0. The number of carbonyl (C=O) groups is 4. The van der Waals surface area contributed by atoms with E-state index in [9.17, 15) is 106 Å². The van der Waals surface area contributed by atoms with Crippen molar-refractivity contribution >= 4 is 23.7 Å². The lowest BCUT2D eigenvalue weighted by molar-refractivity contribution is -0.389. The minimum atomic E-state index is -3.21. The van der Waals surface area contributed by atoms with E-state index in [0.717, 1.165) is 65.2 Å². The quantitative estimate of drug-likeness (QED) is 0.0255. The van der Waals surface area contributed by atoms with E-state index < -0.39 is 235 Å². The Bertz CT molecular complexity index is 2500. The maximum atomic E-state index is 13.5. The monoisotopic (exact) mass is 1550 g/mol. The van der Waals surface area contributed by atoms with E-state index in [1.807, 2.05) is 6.08 Å². The Hall–Kier alpha value is -3.42. The van der Waals surface area contributed by atoms with E-state index in [0.29, 0.717) is 12.8 Å². The summed E-state index contributed by atoms with van der Waals surface area (Å²) in [6.45, 7) is 0.640. The van der Waals surface area contributed by atoms with Gasteiger partial charge in [-0.25, -0.2) is 4.79 Å². The molecule has 0 aromatic carbocycles. The molecule has 20 N–H and O–H groups in total. The minimum Gasteiger partial charge on any atom is -0.477 e. The van der Waals surface area contributed by atoms with Crippen LogP contribution in [0.4, 0.5) is 0 Å². The van der Waals surface area contributed by atoms with Gasteiger partial charge in [-0.05, 0) is 19.3 Å². The Kier molecular flexibility index (Phi) is 44.0. The summed E-state index contributed by atoms with van der Waals surface area (Å²) >= 11 is 0. The van der Waals surface area contributed by atoms with E-state index in [1.165, 1.54) is 109 Å². The molecule has 0 unspecified atom stereocenters. The van der Waals surface area contributed by atoms with Crippen LogP contribution in [0.2, 0.25) is 0 Å². The second-order valence-corrected chi connectivity index (χ2v) is 29.3. The average molecular weight is 1550 g/mol. The molecule has 5 saturated heterocycles. The molecule has 5 heterocycles. The molecular weight excluding hydrogens is 1410 g/mol. The number of hydrogen-bond donors (Lipinski definition) is 20. The van der Waals surface area contributed by atoms with Crippen molar-refractivity contribution in [2.24, 2.45) is 0 Å². The number of carboxylic acid groups (broad SMARTS) is 1. The van der Waals surface area contributed by atoms with Gasteiger partial charge in [0.25, 0.3) is 5.79 Å². The first-order valence-electron chi connectivity index (χ1n) is 39.1. The van der Waals surface area contributed by atoms with Crippen LogP contribution in [0.25, 0.3) is 0 Å². The average Bonchev–Trinajstić information content (AvgIpc) is 0.756. The maximum absolute atomic E-state index is 13.5. The van der Waals surface area contributed by atoms with Crippen LogP contribution in [0.3, 0.4) is 0 Å². The number of nitrogens with one attached hydrogen (secondary N) is 3. The highest BCUT2D eigenvalue weighted by molar-refractivity contribution is 5.77. The van der Waals surface area contributed by atoms with Gasteiger partial charge in [0.1, 0.15) is 116 Å². The van der Waals surface area contributed by atoms with E-state index in [4.69, 9.17) is 47.4 Å². The third kappa shape index (κ3) is 29.2. The summed E-state index contributed by atoms with van der Waals surface area (Å²) in [5.74, 6) is -7.35. The molecule has 5 aliphatic heterocycles. The zero-order valence-electron chi connectivity index (χ0n) is 62.8. The predicted octanol–water partition coefficient (Wildman–Crippen LogP) is -1.04. The topological polar surface area (TPSA) is 541 Å². The van der Waals surface area contributed by atoms with Crippen LogP contribution in [-0.2, 0) is 66.5 Å². The van der Waals surface area contributed by atoms with Crippen molar-refractivity contribution in [3.63, 3.8) is 0 Å². The predicted molar refractivity (Wildman–Crippen MR) is 378 cm³/mol. The fourth-order valence-electron chi connectivity index (χ4n) is 14.3. The summed E-state index contributed by atoms with van der Waals surface area (Å²) < 4.78 is 58.9. The molecule has 624 valence electrons. The van der Waals surface area contributed by atoms with E-state index in [2.05, 4.69) is 29.8 Å². The van der Waals surface area contributed by atoms with Crippen molar-refractivity contribution in [1.29, 1.82) is 0 Å². The van der Waals surface area contributed by atoms with E-state index >= 15 is 0 Å². The Balaban J connectivity index is 1.25. The number of carbonyl (C=O) groups excluding carboxylic acids is 3. The van der Waals surface area contributed by atoms with Gasteiger partial charge in [0.2, 0.25) is 17.7 Å². The Morgan fingerprint density at radius 3 is 1.37 bits per heavy atom. The fraction of sp³-hybridized carbons (Fsp3) is 0.918. The van der Waals surface area contributed by atoms with Gasteiger partial charge in [0.15, 0.2) is 25.2 Å². The summed E-state index contributed by atoms with van der Waals surface area (Å²) in [4.78, 5) is 51.8. The molecule has 0 aromatic heterocycles. The first kappa shape index (κ1) is 94.2. The molecule has 3 amide bonds. The zero-order valence-corrected chi connectivity index (χ0v) is 62.8. The number of amides is 3. The first-order chi connectivity index (χ1) is 51.3. The lowest BCUT2D eigenvalue weighted by atomic mass is 9.88. The highest BCUT2D eigenvalue weighted by Gasteiger charge is 2.61. The van der Waals surface area contributed by atoms with Gasteiger partial charge >= 0.3 is 5.97 Å². The van der Waals surface area contributed by atoms with Crippen LogP contribution in [0.5, 0.6) is 0 Å². The van der Waals surface area contributed by atoms with Crippen LogP contribution in [0.1, 0.15) is 214 Å². The van der Waals surface area contributed by atoms with Gasteiger partial charge in [-0.15, -0.1) is 0 Å². The maximum Gasteiger partial charge on any atom is 0.364 e. The Morgan fingerprint density at radius 1 is 0.486 bits per heavy atom. The zero-order chi connectivity index (χ0) is 78.8. The molecule has 107 heavy (non-hydrogen) atoms. The largest absolute Gasteiger partial charge is 0.477 e. The number of ether oxygens (including phenoxy) is 10. The number of aliphatic hydroxyl groups is 16. The van der Waals surface area contributed by atoms with Gasteiger partial charge < -0.3 is 150 Å². The minimum absolute atomic E-state index is 0.178. The van der Waals surface area contributed by atoms with Crippen molar-refractivity contribution in [1.82, 2.24) is 16.0 Å². The van der Waals surface area contributed by atoms with Crippen LogP contribution in [0, 0.1) is 0 Å². The van der Waals surface area contributed by atoms with Crippen LogP contribution >= 0.6 is 0 Å². The third-order valence-corrected chi connectivity index (χ3v) is 20.6. The smallest absolute Gasteiger partial charge is 0.364 e. The molecule has 0 saturated carbocycles. The standard InChI is InChI=1S/C73H131N3O31/c1-5-7-9-11-13-15-17-19-20-22-24-26-28-30-32-34-52(87)76-44(45(84)33-31-29-27-25-23-21-18-16-14-12-10-8-6-2)41-98-69-60(93)58(91)64(50(39-80)101-69)104-70-61(94)59(92)63(51(40-81)102-70)103-68-54(75-43(4)83)65(56(89)48(37-78)99-68)105-71-62(95)67(57(90)49(38-79)100-71)107-73(72(96)97)35-46(85)53(74-42(3)82)66(106-73)55(88)47(86)36-77/h31,33,44-51,53-71,77-81,84-86,88-95H,5-30,32,34-41H2,1-4H3,(H,74,82)(H,75,83)(H,76,87)(H,96,97)/b33-31+/t44-,45+,46-,47+,48+,49+,50+,51+,53+,54+,55+,56-,57-,58+,59+,60+,61+,62+,63-,64+,65+,66+,67-,68-,69+,70-,71-,73-/m0/s1. The summed E-state index contributed by atoms with van der Waals surface area (Å²) in [6, 6.07) is -4.59.